The van der Waals surface area contributed by atoms with Gasteiger partial charge in [0.15, 0.2) is 0 Å². The van der Waals surface area contributed by atoms with Crippen LogP contribution in [0.3, 0.4) is 0 Å². The van der Waals surface area contributed by atoms with Crippen LogP contribution >= 0.6 is 0 Å². The highest BCUT2D eigenvalue weighted by Crippen LogP contribution is 2.17. The van der Waals surface area contributed by atoms with Crippen LogP contribution in [0.15, 0.2) is 24.3 Å². The van der Waals surface area contributed by atoms with Crippen LogP contribution in [-0.4, -0.2) is 62.2 Å². The zero-order valence-corrected chi connectivity index (χ0v) is 13.5. The predicted molar refractivity (Wildman–Crippen MR) is 84.9 cm³/mol. The van der Waals surface area contributed by atoms with Gasteiger partial charge in [-0.2, -0.15) is 0 Å². The highest BCUT2D eigenvalue weighted by molar-refractivity contribution is 5.80. The number of carbonyl (C=O) groups excluding carboxylic acids is 2. The first kappa shape index (κ1) is 17.1. The topological polar surface area (TPSA) is 85.1 Å². The van der Waals surface area contributed by atoms with Gasteiger partial charge in [0.2, 0.25) is 5.91 Å². The maximum atomic E-state index is 12.7. The second-order valence-corrected chi connectivity index (χ2v) is 5.70. The Hall–Kier alpha value is -2.28. The highest BCUT2D eigenvalue weighted by Gasteiger charge is 2.30. The van der Waals surface area contributed by atoms with Crippen molar-refractivity contribution >= 4 is 12.0 Å². The molecule has 1 unspecified atom stereocenters. The molecule has 1 heterocycles. The second kappa shape index (κ2) is 7.82. The molecule has 1 aromatic carbocycles. The zero-order chi connectivity index (χ0) is 16.8. The largest absolute Gasteiger partial charge is 0.497 e. The van der Waals surface area contributed by atoms with Gasteiger partial charge < -0.3 is 25.0 Å². The van der Waals surface area contributed by atoms with Gasteiger partial charge in [-0.1, -0.05) is 12.1 Å². The van der Waals surface area contributed by atoms with E-state index in [1.807, 2.05) is 31.3 Å². The summed E-state index contributed by atoms with van der Waals surface area (Å²) in [6.45, 7) is 2.48. The maximum Gasteiger partial charge on any atom is 0.404 e. The number of benzene rings is 1. The molecule has 1 fully saturated rings. The van der Waals surface area contributed by atoms with Crippen molar-refractivity contribution in [1.29, 1.82) is 0 Å². The Kier molecular flexibility index (Phi) is 5.81. The van der Waals surface area contributed by atoms with E-state index >= 15 is 0 Å². The van der Waals surface area contributed by atoms with Crippen LogP contribution in [0.25, 0.3) is 0 Å². The molecule has 0 aliphatic carbocycles. The summed E-state index contributed by atoms with van der Waals surface area (Å²) in [6, 6.07) is 7.63. The molecule has 7 heteroatoms. The lowest BCUT2D eigenvalue weighted by atomic mass is 10.1. The van der Waals surface area contributed by atoms with Crippen LogP contribution in [0.5, 0.6) is 5.75 Å². The van der Waals surface area contributed by atoms with Crippen LogP contribution in [0.1, 0.15) is 5.56 Å². The SMILES string of the molecule is COc1ccc(CN2CCN(C)CC(COC(N)=O)C2=O)cc1. The molecular formula is C16H23N3O4. The molecule has 0 bridgehead atoms. The third kappa shape index (κ3) is 4.85. The summed E-state index contributed by atoms with van der Waals surface area (Å²) in [5.41, 5.74) is 6.03. The van der Waals surface area contributed by atoms with Gasteiger partial charge >= 0.3 is 6.09 Å². The lowest BCUT2D eigenvalue weighted by molar-refractivity contribution is -0.136. The van der Waals surface area contributed by atoms with E-state index in [0.717, 1.165) is 17.9 Å². The normalized spacial score (nSPS) is 19.3. The Labute approximate surface area is 135 Å². The number of methoxy groups -OCH3 is 1. The molecule has 1 atom stereocenters. The van der Waals surface area contributed by atoms with Crippen molar-refractivity contribution in [2.75, 3.05) is 40.4 Å². The molecule has 0 saturated carbocycles. The molecule has 1 aliphatic heterocycles. The summed E-state index contributed by atoms with van der Waals surface area (Å²) < 4.78 is 9.97. The Balaban J connectivity index is 2.05. The van der Waals surface area contributed by atoms with Crippen LogP contribution in [0.2, 0.25) is 0 Å². The third-order valence-electron chi connectivity index (χ3n) is 3.90. The summed E-state index contributed by atoms with van der Waals surface area (Å²) >= 11 is 0. The van der Waals surface area contributed by atoms with Crippen molar-refractivity contribution < 1.29 is 19.1 Å². The fourth-order valence-electron chi connectivity index (χ4n) is 2.62. The number of rotatable bonds is 5. The van der Waals surface area contributed by atoms with Crippen LogP contribution < -0.4 is 10.5 Å². The van der Waals surface area contributed by atoms with Gasteiger partial charge in [-0.25, -0.2) is 4.79 Å². The molecule has 2 N–H and O–H groups in total. The van der Waals surface area contributed by atoms with Crippen LogP contribution in [0.4, 0.5) is 4.79 Å². The second-order valence-electron chi connectivity index (χ2n) is 5.70. The summed E-state index contributed by atoms with van der Waals surface area (Å²) in [6.07, 6.45) is -0.855. The Morgan fingerprint density at radius 3 is 2.61 bits per heavy atom. The third-order valence-corrected chi connectivity index (χ3v) is 3.90. The lowest BCUT2D eigenvalue weighted by Gasteiger charge is -2.23. The monoisotopic (exact) mass is 321 g/mol. The number of ether oxygens (including phenoxy) is 2. The summed E-state index contributed by atoms with van der Waals surface area (Å²) in [5.74, 6) is 0.364. The van der Waals surface area contributed by atoms with Crippen molar-refractivity contribution in [3.8, 4) is 5.75 Å². The Morgan fingerprint density at radius 2 is 2.00 bits per heavy atom. The quantitative estimate of drug-likeness (QED) is 0.862. The predicted octanol–water partition coefficient (Wildman–Crippen LogP) is 0.681. The number of hydrogen-bond donors (Lipinski definition) is 1. The van der Waals surface area contributed by atoms with Crippen LogP contribution in [-0.2, 0) is 16.1 Å². The average molecular weight is 321 g/mol. The van der Waals surface area contributed by atoms with Gasteiger partial charge in [-0.3, -0.25) is 4.79 Å². The van der Waals surface area contributed by atoms with Crippen molar-refractivity contribution in [2.45, 2.75) is 6.54 Å². The van der Waals surface area contributed by atoms with Gasteiger partial charge in [0, 0.05) is 26.2 Å². The van der Waals surface area contributed by atoms with E-state index in [1.165, 1.54) is 0 Å². The number of likely N-dealkylation sites (N-methyl/N-ethyl adjacent to an activating group) is 1. The number of nitrogens with two attached hydrogens (primary N) is 1. The van der Waals surface area contributed by atoms with E-state index in [-0.39, 0.29) is 12.5 Å². The molecule has 1 aliphatic rings. The van der Waals surface area contributed by atoms with Gasteiger partial charge in [-0.05, 0) is 24.7 Å². The Bertz CT molecular complexity index is 547. The zero-order valence-electron chi connectivity index (χ0n) is 13.5. The average Bonchev–Trinajstić information content (AvgIpc) is 2.67. The van der Waals surface area contributed by atoms with Crippen molar-refractivity contribution in [3.05, 3.63) is 29.8 Å². The van der Waals surface area contributed by atoms with Gasteiger partial charge in [-0.15, -0.1) is 0 Å². The smallest absolute Gasteiger partial charge is 0.404 e. The first-order valence-electron chi connectivity index (χ1n) is 7.52. The molecular weight excluding hydrogens is 298 g/mol. The maximum absolute atomic E-state index is 12.7. The van der Waals surface area contributed by atoms with E-state index in [1.54, 1.807) is 12.0 Å². The van der Waals surface area contributed by atoms with E-state index in [0.29, 0.717) is 19.6 Å². The van der Waals surface area contributed by atoms with Crippen molar-refractivity contribution in [3.63, 3.8) is 0 Å². The molecule has 0 radical (unpaired) electrons. The summed E-state index contributed by atoms with van der Waals surface area (Å²) in [5, 5.41) is 0. The number of nitrogens with zero attached hydrogens (tertiary/aromatic N) is 2. The molecule has 1 saturated heterocycles. The highest BCUT2D eigenvalue weighted by atomic mass is 16.5. The van der Waals surface area contributed by atoms with Crippen molar-refractivity contribution in [1.82, 2.24) is 9.80 Å². The first-order chi connectivity index (χ1) is 11.0. The van der Waals surface area contributed by atoms with E-state index in [4.69, 9.17) is 15.2 Å². The molecule has 126 valence electrons. The minimum Gasteiger partial charge on any atom is -0.497 e. The molecule has 2 amide bonds. The molecule has 7 nitrogen and oxygen atoms in total. The molecule has 23 heavy (non-hydrogen) atoms. The number of carbonyl (C=O) groups is 2. The van der Waals surface area contributed by atoms with Gasteiger partial charge in [0.1, 0.15) is 12.4 Å². The molecule has 0 aromatic heterocycles. The van der Waals surface area contributed by atoms with E-state index in [2.05, 4.69) is 4.90 Å². The van der Waals surface area contributed by atoms with Crippen molar-refractivity contribution in [2.24, 2.45) is 11.7 Å². The first-order valence-corrected chi connectivity index (χ1v) is 7.52. The standard InChI is InChI=1S/C16H23N3O4/c1-18-7-8-19(9-12-3-5-14(22-2)6-4-12)15(20)13(10-18)11-23-16(17)21/h3-6,13H,7-11H2,1-2H3,(H2,17,21). The molecule has 1 aromatic rings. The minimum absolute atomic E-state index is 0.0115. The van der Waals surface area contributed by atoms with E-state index < -0.39 is 12.0 Å². The lowest BCUT2D eigenvalue weighted by Crippen LogP contribution is -2.38. The van der Waals surface area contributed by atoms with Crippen LogP contribution in [0, 0.1) is 5.92 Å². The summed E-state index contributed by atoms with van der Waals surface area (Å²) in [7, 11) is 3.56. The number of hydrogen-bond acceptors (Lipinski definition) is 5. The van der Waals surface area contributed by atoms with E-state index in [9.17, 15) is 9.59 Å². The summed E-state index contributed by atoms with van der Waals surface area (Å²) in [4.78, 5) is 27.3. The minimum atomic E-state index is -0.855. The number of primary amides is 1. The van der Waals surface area contributed by atoms with Gasteiger partial charge in [0.05, 0.1) is 13.0 Å². The number of amides is 2. The Morgan fingerprint density at radius 1 is 1.30 bits per heavy atom. The molecule has 2 rings (SSSR count). The fourth-order valence-corrected chi connectivity index (χ4v) is 2.62. The molecule has 0 spiro atoms. The van der Waals surface area contributed by atoms with Gasteiger partial charge in [0.25, 0.3) is 0 Å². The fraction of sp³-hybridized carbons (Fsp3) is 0.500.